The molecule has 9 N–H and O–H groups in total. The van der Waals surface area contributed by atoms with Crippen molar-refractivity contribution in [1.29, 1.82) is 0 Å². The first-order valence-corrected chi connectivity index (χ1v) is 7.61. The summed E-state index contributed by atoms with van der Waals surface area (Å²) in [6.45, 7) is 0.985. The van der Waals surface area contributed by atoms with Crippen LogP contribution < -0.4 is 22.1 Å². The monoisotopic (exact) mass is 374 g/mol. The molecule has 0 fully saturated rings. The van der Waals surface area contributed by atoms with Crippen LogP contribution in [0.5, 0.6) is 0 Å². The molecule has 0 aliphatic rings. The van der Waals surface area contributed by atoms with Gasteiger partial charge in [-0.15, -0.1) is 0 Å². The molecule has 0 saturated heterocycles. The van der Waals surface area contributed by atoms with E-state index >= 15 is 0 Å². The summed E-state index contributed by atoms with van der Waals surface area (Å²) in [6.07, 6.45) is -1.60. The summed E-state index contributed by atoms with van der Waals surface area (Å²) in [5, 5.41) is 35.1. The van der Waals surface area contributed by atoms with E-state index in [0.29, 0.717) is 0 Å². The molecule has 1 rings (SSSR count). The van der Waals surface area contributed by atoms with Crippen molar-refractivity contribution in [3.05, 3.63) is 11.7 Å². The standard InChI is InChI=1S/C13H22N6O7/c1-5(21)9(12(23)24)17-13(25)16-7(4-8(15)22)11-18-10(19-26-11)6(14)2-3-20/h5-7,9,20-21H,2-4,14H2,1H3,(H2,15,22)(H,23,24)(H2,16,17,25)/t5?,6-,7+,9-/m0/s1. The number of nitrogens with one attached hydrogen (secondary N) is 2. The SMILES string of the molecule is CC(O)[C@H](NC(=O)N[C@H](CC(N)=O)c1nc([C@@H](N)CCO)no1)C(=O)O. The van der Waals surface area contributed by atoms with Crippen LogP contribution in [-0.4, -0.2) is 62.1 Å². The molecule has 0 bridgehead atoms. The molecule has 0 aromatic carbocycles. The van der Waals surface area contributed by atoms with Gasteiger partial charge in [-0.05, 0) is 13.3 Å². The number of rotatable bonds is 10. The highest BCUT2D eigenvalue weighted by molar-refractivity contribution is 5.83. The number of hydrogen-bond donors (Lipinski definition) is 7. The van der Waals surface area contributed by atoms with E-state index in [1.54, 1.807) is 0 Å². The number of nitrogens with two attached hydrogens (primary N) is 2. The smallest absolute Gasteiger partial charge is 0.328 e. The molecule has 1 heterocycles. The third kappa shape index (κ3) is 6.27. The van der Waals surface area contributed by atoms with E-state index in [4.69, 9.17) is 26.2 Å². The number of nitrogens with zero attached hydrogens (tertiary/aromatic N) is 2. The van der Waals surface area contributed by atoms with Crippen LogP contribution in [0.25, 0.3) is 0 Å². The number of carboxylic acid groups (broad SMARTS) is 1. The minimum Gasteiger partial charge on any atom is -0.480 e. The van der Waals surface area contributed by atoms with E-state index < -0.39 is 48.6 Å². The van der Waals surface area contributed by atoms with Crippen LogP contribution in [0.3, 0.4) is 0 Å². The molecule has 3 amide bonds. The number of carboxylic acids is 1. The second-order valence-corrected chi connectivity index (χ2v) is 5.51. The number of hydrogen-bond acceptors (Lipinski definition) is 9. The molecule has 0 saturated carbocycles. The Labute approximate surface area is 147 Å². The van der Waals surface area contributed by atoms with E-state index in [1.165, 1.54) is 6.92 Å². The highest BCUT2D eigenvalue weighted by Crippen LogP contribution is 2.17. The third-order valence-corrected chi connectivity index (χ3v) is 3.27. The lowest BCUT2D eigenvalue weighted by Gasteiger charge is -2.19. The molecule has 0 spiro atoms. The Morgan fingerprint density at radius 3 is 2.46 bits per heavy atom. The maximum Gasteiger partial charge on any atom is 0.328 e. The predicted molar refractivity (Wildman–Crippen MR) is 84.3 cm³/mol. The lowest BCUT2D eigenvalue weighted by molar-refractivity contribution is -0.141. The van der Waals surface area contributed by atoms with Crippen LogP contribution in [0.2, 0.25) is 0 Å². The number of carbonyl (C=O) groups excluding carboxylic acids is 2. The normalized spacial score (nSPS) is 15.5. The predicted octanol–water partition coefficient (Wildman–Crippen LogP) is -2.50. The van der Waals surface area contributed by atoms with Crippen molar-refractivity contribution >= 4 is 17.9 Å². The molecule has 0 aliphatic carbocycles. The maximum absolute atomic E-state index is 12.0. The lowest BCUT2D eigenvalue weighted by Crippen LogP contribution is -2.52. The first-order valence-electron chi connectivity index (χ1n) is 7.61. The van der Waals surface area contributed by atoms with E-state index in [1.807, 2.05) is 5.32 Å². The minimum atomic E-state index is -1.57. The van der Waals surface area contributed by atoms with Crippen LogP contribution in [0, 0.1) is 0 Å². The number of aliphatic hydroxyl groups excluding tert-OH is 2. The van der Waals surface area contributed by atoms with Gasteiger partial charge in [0.1, 0.15) is 6.04 Å². The van der Waals surface area contributed by atoms with Crippen molar-refractivity contribution in [2.24, 2.45) is 11.5 Å². The summed E-state index contributed by atoms with van der Waals surface area (Å²) >= 11 is 0. The zero-order valence-corrected chi connectivity index (χ0v) is 14.0. The summed E-state index contributed by atoms with van der Waals surface area (Å²) in [7, 11) is 0. The topological polar surface area (TPSA) is 227 Å². The summed E-state index contributed by atoms with van der Waals surface area (Å²) in [4.78, 5) is 38.1. The van der Waals surface area contributed by atoms with Crippen molar-refractivity contribution in [2.75, 3.05) is 6.61 Å². The van der Waals surface area contributed by atoms with E-state index in [2.05, 4.69) is 15.5 Å². The van der Waals surface area contributed by atoms with Gasteiger partial charge in [0.25, 0.3) is 0 Å². The number of urea groups is 1. The Bertz CT molecular complexity index is 634. The van der Waals surface area contributed by atoms with Crippen molar-refractivity contribution in [1.82, 2.24) is 20.8 Å². The quantitative estimate of drug-likeness (QED) is 0.228. The first-order chi connectivity index (χ1) is 12.1. The molecule has 1 aromatic rings. The highest BCUT2D eigenvalue weighted by atomic mass is 16.5. The Morgan fingerprint density at radius 1 is 1.31 bits per heavy atom. The molecular formula is C13H22N6O7. The van der Waals surface area contributed by atoms with Gasteiger partial charge in [0.15, 0.2) is 11.9 Å². The van der Waals surface area contributed by atoms with Gasteiger partial charge in [-0.3, -0.25) is 4.79 Å². The average Bonchev–Trinajstić information content (AvgIpc) is 3.01. The Balaban J connectivity index is 2.89. The summed E-state index contributed by atoms with van der Waals surface area (Å²) in [5.41, 5.74) is 10.9. The Kier molecular flexibility index (Phi) is 7.89. The molecule has 0 radical (unpaired) electrons. The number of aliphatic hydroxyl groups is 2. The lowest BCUT2D eigenvalue weighted by atomic mass is 10.2. The molecule has 146 valence electrons. The van der Waals surface area contributed by atoms with Crippen molar-refractivity contribution < 1.29 is 34.2 Å². The van der Waals surface area contributed by atoms with Gasteiger partial charge >= 0.3 is 12.0 Å². The van der Waals surface area contributed by atoms with Crippen molar-refractivity contribution in [2.45, 2.75) is 44.0 Å². The van der Waals surface area contributed by atoms with Crippen molar-refractivity contribution in [3.63, 3.8) is 0 Å². The number of aromatic nitrogens is 2. The van der Waals surface area contributed by atoms with Gasteiger partial charge in [0.05, 0.1) is 18.6 Å². The Morgan fingerprint density at radius 2 is 1.96 bits per heavy atom. The second kappa shape index (κ2) is 9.65. The van der Waals surface area contributed by atoms with E-state index in [0.717, 1.165) is 0 Å². The first kappa shape index (κ1) is 21.3. The van der Waals surface area contributed by atoms with E-state index in [9.17, 15) is 19.5 Å². The summed E-state index contributed by atoms with van der Waals surface area (Å²) < 4.78 is 4.96. The zero-order valence-electron chi connectivity index (χ0n) is 14.0. The minimum absolute atomic E-state index is 0.0538. The second-order valence-electron chi connectivity index (χ2n) is 5.51. The zero-order chi connectivity index (χ0) is 19.9. The fraction of sp³-hybridized carbons (Fsp3) is 0.615. The molecular weight excluding hydrogens is 352 g/mol. The van der Waals surface area contributed by atoms with Crippen LogP contribution in [0.15, 0.2) is 4.52 Å². The van der Waals surface area contributed by atoms with Crippen molar-refractivity contribution in [3.8, 4) is 0 Å². The maximum atomic E-state index is 12.0. The van der Waals surface area contributed by atoms with Crippen LogP contribution >= 0.6 is 0 Å². The van der Waals surface area contributed by atoms with Crippen LogP contribution in [0.4, 0.5) is 4.79 Å². The highest BCUT2D eigenvalue weighted by Gasteiger charge is 2.29. The van der Waals surface area contributed by atoms with Gasteiger partial charge in [0, 0.05) is 6.61 Å². The molecule has 13 nitrogen and oxygen atoms in total. The molecule has 4 atom stereocenters. The van der Waals surface area contributed by atoms with Gasteiger partial charge < -0.3 is 41.9 Å². The van der Waals surface area contributed by atoms with Gasteiger partial charge in [-0.1, -0.05) is 5.16 Å². The number of primary amides is 1. The number of aliphatic carboxylic acids is 1. The van der Waals surface area contributed by atoms with Gasteiger partial charge in [-0.25, -0.2) is 9.59 Å². The summed E-state index contributed by atoms with van der Waals surface area (Å²) in [5.74, 6) is -2.36. The number of carbonyl (C=O) groups is 3. The summed E-state index contributed by atoms with van der Waals surface area (Å²) in [6, 6.07) is -4.42. The average molecular weight is 374 g/mol. The third-order valence-electron chi connectivity index (χ3n) is 3.27. The van der Waals surface area contributed by atoms with E-state index in [-0.39, 0.29) is 24.7 Å². The molecule has 1 unspecified atom stereocenters. The molecule has 13 heteroatoms. The van der Waals surface area contributed by atoms with Crippen LogP contribution in [0.1, 0.15) is 43.6 Å². The fourth-order valence-corrected chi connectivity index (χ4v) is 1.94. The fourth-order valence-electron chi connectivity index (χ4n) is 1.94. The number of amides is 3. The molecule has 0 aliphatic heterocycles. The molecule has 26 heavy (non-hydrogen) atoms. The van der Waals surface area contributed by atoms with Gasteiger partial charge in [-0.2, -0.15) is 4.98 Å². The Hall–Kier alpha value is -2.77. The van der Waals surface area contributed by atoms with Gasteiger partial charge in [0.2, 0.25) is 11.8 Å². The largest absolute Gasteiger partial charge is 0.480 e. The van der Waals surface area contributed by atoms with Crippen LogP contribution in [-0.2, 0) is 9.59 Å². The molecule has 1 aromatic heterocycles.